The molecule has 4 nitrogen and oxygen atoms in total. The van der Waals surface area contributed by atoms with Crippen molar-refractivity contribution in [2.45, 2.75) is 76.0 Å². The van der Waals surface area contributed by atoms with Gasteiger partial charge < -0.3 is 9.94 Å². The van der Waals surface area contributed by atoms with Crippen LogP contribution in [0.1, 0.15) is 74.5 Å². The number of rotatable bonds is 12. The topological polar surface area (TPSA) is 58.9 Å². The van der Waals surface area contributed by atoms with Gasteiger partial charge in [-0.1, -0.05) is 96.9 Å². The zero-order valence-corrected chi connectivity index (χ0v) is 22.9. The number of halogens is 5. The third kappa shape index (κ3) is 6.87. The van der Waals surface area contributed by atoms with Gasteiger partial charge in [-0.15, -0.1) is 0 Å². The van der Waals surface area contributed by atoms with Crippen molar-refractivity contribution in [1.29, 1.82) is 0 Å². The van der Waals surface area contributed by atoms with Crippen LogP contribution in [0.4, 0.5) is 13.2 Å². The number of fused-ring (bicyclic) bond motifs is 1. The molecule has 3 aromatic carbocycles. The number of aryl methyl sites for hydroxylation is 1. The fraction of sp³-hybridized carbons (Fsp3) is 0.400. The number of carboxylic acid groups (broad SMARTS) is 1. The van der Waals surface area contributed by atoms with Gasteiger partial charge in [0, 0.05) is 34.0 Å². The van der Waals surface area contributed by atoms with Crippen LogP contribution >= 0.6 is 23.2 Å². The van der Waals surface area contributed by atoms with Crippen LogP contribution in [0.3, 0.4) is 0 Å². The number of carbonyl (C=O) groups is 1. The summed E-state index contributed by atoms with van der Waals surface area (Å²) in [6.07, 6.45) is 2.76. The molecule has 1 unspecified atom stereocenters. The second-order valence-corrected chi connectivity index (χ2v) is 10.8. The first-order valence-corrected chi connectivity index (χ1v) is 13.9. The molecule has 1 atom stereocenters. The monoisotopic (exact) mass is 579 g/mol. The number of alkyl halides is 3. The second kappa shape index (κ2) is 12.6. The zero-order valence-electron chi connectivity index (χ0n) is 21.4. The van der Waals surface area contributed by atoms with E-state index in [1.165, 1.54) is 18.2 Å². The summed E-state index contributed by atoms with van der Waals surface area (Å²) in [4.78, 5) is 15.8. The van der Waals surface area contributed by atoms with E-state index in [0.29, 0.717) is 5.56 Å². The van der Waals surface area contributed by atoms with Crippen molar-refractivity contribution in [2.75, 3.05) is 0 Å². The van der Waals surface area contributed by atoms with Gasteiger partial charge in [0.1, 0.15) is 0 Å². The molecule has 0 aliphatic carbocycles. The minimum absolute atomic E-state index is 0.0890. The summed E-state index contributed by atoms with van der Waals surface area (Å²) in [5.74, 6) is -0.744. The minimum Gasteiger partial charge on any atom is -0.481 e. The SMILES string of the molecule is O=C(O)CCCCCCCCCc1ccc(C2=NOC(c3cc(Cl)cc(Cl)c3)(C(F)(F)F)C2)c2ccccc12. The summed E-state index contributed by atoms with van der Waals surface area (Å²) >= 11 is 12.1. The van der Waals surface area contributed by atoms with Gasteiger partial charge in [-0.25, -0.2) is 0 Å². The molecule has 1 aliphatic heterocycles. The summed E-state index contributed by atoms with van der Waals surface area (Å²) in [6, 6.07) is 15.3. The molecule has 4 rings (SSSR count). The molecule has 3 aromatic rings. The maximum absolute atomic E-state index is 14.4. The van der Waals surface area contributed by atoms with Crippen molar-refractivity contribution < 1.29 is 27.9 Å². The van der Waals surface area contributed by atoms with Crippen molar-refractivity contribution in [3.63, 3.8) is 0 Å². The fourth-order valence-corrected chi connectivity index (χ4v) is 5.67. The van der Waals surface area contributed by atoms with Crippen LogP contribution in [0.15, 0.2) is 59.8 Å². The van der Waals surface area contributed by atoms with Crippen LogP contribution in [-0.4, -0.2) is 23.0 Å². The molecule has 0 radical (unpaired) electrons. The minimum atomic E-state index is -4.75. The van der Waals surface area contributed by atoms with E-state index in [9.17, 15) is 18.0 Å². The number of unbranched alkanes of at least 4 members (excludes halogenated alkanes) is 6. The van der Waals surface area contributed by atoms with Gasteiger partial charge in [0.05, 0.1) is 5.71 Å². The molecule has 1 aliphatic rings. The Morgan fingerprint density at radius 3 is 2.15 bits per heavy atom. The third-order valence-corrected chi connectivity index (χ3v) is 7.61. The molecule has 0 amide bonds. The Morgan fingerprint density at radius 1 is 0.897 bits per heavy atom. The van der Waals surface area contributed by atoms with Gasteiger partial charge in [0.15, 0.2) is 0 Å². The predicted molar refractivity (Wildman–Crippen MR) is 149 cm³/mol. The molecule has 0 saturated heterocycles. The average Bonchev–Trinajstić information content (AvgIpc) is 3.34. The number of hydrogen-bond acceptors (Lipinski definition) is 3. The number of benzene rings is 3. The molecular weight excluding hydrogens is 550 g/mol. The van der Waals surface area contributed by atoms with Gasteiger partial charge >= 0.3 is 12.1 Å². The lowest BCUT2D eigenvalue weighted by atomic mass is 9.85. The summed E-state index contributed by atoms with van der Waals surface area (Å²) < 4.78 is 43.3. The Morgan fingerprint density at radius 2 is 1.51 bits per heavy atom. The lowest BCUT2D eigenvalue weighted by Crippen LogP contribution is -2.42. The van der Waals surface area contributed by atoms with Gasteiger partial charge in [-0.3, -0.25) is 4.79 Å². The highest BCUT2D eigenvalue weighted by atomic mass is 35.5. The van der Waals surface area contributed by atoms with E-state index in [1.54, 1.807) is 0 Å². The highest BCUT2D eigenvalue weighted by Crippen LogP contribution is 2.50. The quantitative estimate of drug-likeness (QED) is 0.217. The van der Waals surface area contributed by atoms with Crippen LogP contribution < -0.4 is 0 Å². The van der Waals surface area contributed by atoms with Gasteiger partial charge in [-0.2, -0.15) is 13.2 Å². The van der Waals surface area contributed by atoms with Crippen LogP contribution in [0.2, 0.25) is 10.0 Å². The maximum Gasteiger partial charge on any atom is 0.435 e. The van der Waals surface area contributed by atoms with Crippen molar-refractivity contribution in [2.24, 2.45) is 5.16 Å². The number of hydrogen-bond donors (Lipinski definition) is 1. The van der Waals surface area contributed by atoms with Gasteiger partial charge in [0.25, 0.3) is 5.60 Å². The first-order chi connectivity index (χ1) is 18.6. The highest BCUT2D eigenvalue weighted by Gasteiger charge is 2.62. The molecule has 0 aromatic heterocycles. The number of nitrogens with zero attached hydrogens (tertiary/aromatic N) is 1. The number of carboxylic acids is 1. The van der Waals surface area contributed by atoms with Crippen LogP contribution in [-0.2, 0) is 21.7 Å². The normalized spacial score (nSPS) is 17.3. The van der Waals surface area contributed by atoms with E-state index < -0.39 is 24.2 Å². The van der Waals surface area contributed by atoms with Crippen molar-refractivity contribution >= 4 is 45.7 Å². The molecule has 9 heteroatoms. The van der Waals surface area contributed by atoms with Crippen molar-refractivity contribution in [1.82, 2.24) is 0 Å². The Kier molecular flexibility index (Phi) is 9.44. The maximum atomic E-state index is 14.4. The summed E-state index contributed by atoms with van der Waals surface area (Å²) in [5.41, 5.74) is -0.901. The largest absolute Gasteiger partial charge is 0.481 e. The first kappa shape index (κ1) is 29.2. The molecule has 208 valence electrons. The Balaban J connectivity index is 1.46. The molecular formula is C30H30Cl2F3NO3. The average molecular weight is 580 g/mol. The van der Waals surface area contributed by atoms with Crippen LogP contribution in [0.25, 0.3) is 10.8 Å². The number of oxime groups is 1. The fourth-order valence-electron chi connectivity index (χ4n) is 5.14. The summed E-state index contributed by atoms with van der Waals surface area (Å²) in [6.45, 7) is 0. The molecule has 1 N–H and O–H groups in total. The van der Waals surface area contributed by atoms with Crippen LogP contribution in [0.5, 0.6) is 0 Å². The van der Waals surface area contributed by atoms with Crippen LogP contribution in [0, 0.1) is 0 Å². The van der Waals surface area contributed by atoms with Gasteiger partial charge in [-0.05, 0) is 53.8 Å². The first-order valence-electron chi connectivity index (χ1n) is 13.1. The summed E-state index contributed by atoms with van der Waals surface area (Å²) in [5, 5.41) is 14.6. The standard InChI is InChI=1S/C30H30Cl2F3NO3/c31-22-16-21(17-23(32)18-22)29(30(33,34)35)19-27(36-39-29)26-15-14-20(24-11-8-9-12-25(24)26)10-6-4-2-1-3-5-7-13-28(37)38/h8-9,11-12,14-18H,1-7,10,13,19H2,(H,37,38). The Bertz CT molecular complexity index is 1340. The van der Waals surface area contributed by atoms with E-state index in [1.807, 2.05) is 36.4 Å². The van der Waals surface area contributed by atoms with E-state index in [2.05, 4.69) is 5.16 Å². The van der Waals surface area contributed by atoms with Gasteiger partial charge in [0.2, 0.25) is 0 Å². The molecule has 39 heavy (non-hydrogen) atoms. The molecule has 1 heterocycles. The van der Waals surface area contributed by atoms with E-state index >= 15 is 0 Å². The summed E-state index contributed by atoms with van der Waals surface area (Å²) in [7, 11) is 0. The van der Waals surface area contributed by atoms with E-state index in [4.69, 9.17) is 33.1 Å². The smallest absolute Gasteiger partial charge is 0.435 e. The zero-order chi connectivity index (χ0) is 28.0. The molecule has 0 fully saturated rings. The number of aliphatic carboxylic acids is 1. The lowest BCUT2D eigenvalue weighted by molar-refractivity contribution is -0.275. The van der Waals surface area contributed by atoms with E-state index in [0.717, 1.165) is 67.7 Å². The van der Waals surface area contributed by atoms with E-state index in [-0.39, 0.29) is 27.7 Å². The highest BCUT2D eigenvalue weighted by molar-refractivity contribution is 6.34. The molecule has 0 bridgehead atoms. The third-order valence-electron chi connectivity index (χ3n) is 7.18. The van der Waals surface area contributed by atoms with Crippen molar-refractivity contribution in [3.8, 4) is 0 Å². The predicted octanol–water partition coefficient (Wildman–Crippen LogP) is 9.48. The molecule has 0 saturated carbocycles. The molecule has 0 spiro atoms. The Hall–Kier alpha value is -2.77. The van der Waals surface area contributed by atoms with Crippen molar-refractivity contribution in [3.05, 3.63) is 81.3 Å². The second-order valence-electron chi connectivity index (χ2n) is 9.98. The lowest BCUT2D eigenvalue weighted by Gasteiger charge is -2.29. The Labute approximate surface area is 235 Å².